The Morgan fingerprint density at radius 2 is 1.79 bits per heavy atom. The summed E-state index contributed by atoms with van der Waals surface area (Å²) in [5, 5.41) is 15.2. The third-order valence-electron chi connectivity index (χ3n) is 5.52. The Hall–Kier alpha value is -3.98. The van der Waals surface area contributed by atoms with E-state index >= 15 is 0 Å². The van der Waals surface area contributed by atoms with Gasteiger partial charge in [0.05, 0.1) is 18.8 Å². The van der Waals surface area contributed by atoms with Crippen molar-refractivity contribution in [1.29, 1.82) is 0 Å². The largest absolute Gasteiger partial charge is 0.442 e. The van der Waals surface area contributed by atoms with Crippen molar-refractivity contribution in [3.05, 3.63) is 83.9 Å². The molecule has 9 heteroatoms. The van der Waals surface area contributed by atoms with E-state index in [1.807, 2.05) is 36.4 Å². The summed E-state index contributed by atoms with van der Waals surface area (Å²) in [7, 11) is 0. The minimum atomic E-state index is -0.564. The lowest BCUT2D eigenvalue weighted by molar-refractivity contribution is -0.904. The van der Waals surface area contributed by atoms with Crippen LogP contribution in [0.25, 0.3) is 11.1 Å². The molecule has 3 aromatic rings. The summed E-state index contributed by atoms with van der Waals surface area (Å²) < 4.78 is 21.2. The summed E-state index contributed by atoms with van der Waals surface area (Å²) in [6, 6.07) is 15.9. The molecule has 1 saturated heterocycles. The van der Waals surface area contributed by atoms with Gasteiger partial charge in [0, 0.05) is 42.4 Å². The van der Waals surface area contributed by atoms with E-state index in [1.54, 1.807) is 24.5 Å². The molecular formula is C25H26FN4O4+. The topological polar surface area (TPSA) is 94.8 Å². The van der Waals surface area contributed by atoms with Crippen LogP contribution in [0.2, 0.25) is 0 Å². The van der Waals surface area contributed by atoms with Crippen LogP contribution in [0, 0.1) is 5.82 Å². The number of cyclic esters (lactones) is 1. The zero-order valence-corrected chi connectivity index (χ0v) is 18.7. The van der Waals surface area contributed by atoms with Crippen molar-refractivity contribution >= 4 is 17.7 Å². The highest BCUT2D eigenvalue weighted by Gasteiger charge is 2.32. The zero-order chi connectivity index (χ0) is 24.1. The van der Waals surface area contributed by atoms with Gasteiger partial charge in [-0.15, -0.1) is 0 Å². The van der Waals surface area contributed by atoms with E-state index in [2.05, 4.69) is 10.6 Å². The molecule has 2 aromatic carbocycles. The standard InChI is InChI=1S/C25H25FN4O4/c1-17(31)28-15-22-16-30(25(32)34-22)21-6-7-23(24(26)12-21)20-4-2-18(3-5-20)13-27-14-19-8-10-29(33)11-9-19/h2-12,22,27H,13-16H2,1H3,(H-,28,31,33)/p+1/t22-/m0/s1. The van der Waals surface area contributed by atoms with Crippen LogP contribution in [0.4, 0.5) is 14.9 Å². The maximum absolute atomic E-state index is 14.9. The van der Waals surface area contributed by atoms with E-state index in [0.29, 0.717) is 24.3 Å². The number of amides is 2. The zero-order valence-electron chi connectivity index (χ0n) is 18.7. The Morgan fingerprint density at radius 3 is 2.44 bits per heavy atom. The fourth-order valence-electron chi connectivity index (χ4n) is 3.72. The predicted octanol–water partition coefficient (Wildman–Crippen LogP) is 2.77. The van der Waals surface area contributed by atoms with E-state index in [-0.39, 0.29) is 19.0 Å². The number of carbonyl (C=O) groups excluding carboxylic acids is 2. The number of carbonyl (C=O) groups is 2. The third kappa shape index (κ3) is 5.68. The molecule has 1 aliphatic heterocycles. The lowest BCUT2D eigenvalue weighted by Gasteiger charge is -2.15. The van der Waals surface area contributed by atoms with Gasteiger partial charge in [0.1, 0.15) is 11.9 Å². The average Bonchev–Trinajstić information content (AvgIpc) is 3.20. The highest BCUT2D eigenvalue weighted by molar-refractivity contribution is 5.90. The molecule has 4 rings (SSSR count). The van der Waals surface area contributed by atoms with Crippen molar-refractivity contribution in [2.24, 2.45) is 0 Å². The van der Waals surface area contributed by atoms with Gasteiger partial charge < -0.3 is 15.4 Å². The Balaban J connectivity index is 1.36. The molecule has 0 radical (unpaired) electrons. The van der Waals surface area contributed by atoms with Crippen molar-refractivity contribution in [3.8, 4) is 11.1 Å². The first-order valence-corrected chi connectivity index (χ1v) is 10.9. The van der Waals surface area contributed by atoms with Crippen molar-refractivity contribution in [2.45, 2.75) is 26.1 Å². The van der Waals surface area contributed by atoms with E-state index in [0.717, 1.165) is 21.4 Å². The first-order chi connectivity index (χ1) is 16.4. The van der Waals surface area contributed by atoms with Gasteiger partial charge in [0.15, 0.2) is 0 Å². The number of nitrogens with zero attached hydrogens (tertiary/aromatic N) is 2. The first kappa shape index (κ1) is 23.2. The van der Waals surface area contributed by atoms with Crippen molar-refractivity contribution in [3.63, 3.8) is 0 Å². The number of nitrogens with one attached hydrogen (secondary N) is 2. The monoisotopic (exact) mass is 465 g/mol. The summed E-state index contributed by atoms with van der Waals surface area (Å²) in [4.78, 5) is 24.6. The lowest BCUT2D eigenvalue weighted by atomic mass is 10.0. The van der Waals surface area contributed by atoms with Gasteiger partial charge in [-0.3, -0.25) is 14.9 Å². The second-order valence-corrected chi connectivity index (χ2v) is 8.10. The van der Waals surface area contributed by atoms with Crippen LogP contribution in [0.15, 0.2) is 67.0 Å². The summed E-state index contributed by atoms with van der Waals surface area (Å²) in [6.07, 6.45) is 2.10. The van der Waals surface area contributed by atoms with E-state index in [4.69, 9.17) is 4.74 Å². The molecule has 1 aliphatic rings. The van der Waals surface area contributed by atoms with Crippen LogP contribution < -0.4 is 20.3 Å². The van der Waals surface area contributed by atoms with E-state index in [9.17, 15) is 19.2 Å². The number of pyridine rings is 1. The van der Waals surface area contributed by atoms with Crippen molar-refractivity contribution < 1.29 is 28.7 Å². The minimum absolute atomic E-state index is 0.205. The van der Waals surface area contributed by atoms with Gasteiger partial charge in [0.2, 0.25) is 18.3 Å². The minimum Gasteiger partial charge on any atom is -0.442 e. The van der Waals surface area contributed by atoms with Gasteiger partial charge >= 0.3 is 6.09 Å². The summed E-state index contributed by atoms with van der Waals surface area (Å²) in [5.41, 5.74) is 3.68. The number of anilines is 1. The molecule has 176 valence electrons. The summed E-state index contributed by atoms with van der Waals surface area (Å²) in [5.74, 6) is -0.644. The van der Waals surface area contributed by atoms with Gasteiger partial charge in [-0.2, -0.15) is 0 Å². The molecule has 0 aliphatic carbocycles. The molecule has 1 fully saturated rings. The molecule has 0 bridgehead atoms. The van der Waals surface area contributed by atoms with Gasteiger partial charge in [-0.1, -0.05) is 24.3 Å². The fourth-order valence-corrected chi connectivity index (χ4v) is 3.72. The number of ether oxygens (including phenoxy) is 1. The van der Waals surface area contributed by atoms with Gasteiger partial charge in [-0.25, -0.2) is 9.18 Å². The highest BCUT2D eigenvalue weighted by Crippen LogP contribution is 2.29. The second kappa shape index (κ2) is 10.3. The highest BCUT2D eigenvalue weighted by atomic mass is 19.1. The van der Waals surface area contributed by atoms with Crippen LogP contribution in [-0.2, 0) is 22.6 Å². The molecule has 3 N–H and O–H groups in total. The number of halogens is 1. The maximum atomic E-state index is 14.9. The predicted molar refractivity (Wildman–Crippen MR) is 122 cm³/mol. The smallest absolute Gasteiger partial charge is 0.414 e. The van der Waals surface area contributed by atoms with Crippen LogP contribution in [0.1, 0.15) is 18.1 Å². The summed E-state index contributed by atoms with van der Waals surface area (Å²) in [6.45, 7) is 3.15. The molecule has 2 heterocycles. The molecule has 0 unspecified atom stereocenters. The lowest BCUT2D eigenvalue weighted by Crippen LogP contribution is -2.33. The van der Waals surface area contributed by atoms with E-state index in [1.165, 1.54) is 17.9 Å². The van der Waals surface area contributed by atoms with Crippen LogP contribution in [0.3, 0.4) is 0 Å². The number of aromatic nitrogens is 1. The number of hydrogen-bond donors (Lipinski definition) is 3. The molecule has 1 aromatic heterocycles. The van der Waals surface area contributed by atoms with Crippen LogP contribution in [-0.4, -0.2) is 36.4 Å². The number of hydrogen-bond acceptors (Lipinski definition) is 5. The van der Waals surface area contributed by atoms with Crippen LogP contribution >= 0.6 is 0 Å². The number of rotatable bonds is 8. The molecule has 34 heavy (non-hydrogen) atoms. The van der Waals surface area contributed by atoms with Crippen molar-refractivity contribution in [1.82, 2.24) is 10.6 Å². The first-order valence-electron chi connectivity index (χ1n) is 10.9. The molecule has 1 atom stereocenters. The van der Waals surface area contributed by atoms with E-state index < -0.39 is 18.0 Å². The average molecular weight is 466 g/mol. The molecule has 0 spiro atoms. The second-order valence-electron chi connectivity index (χ2n) is 8.10. The number of benzene rings is 2. The maximum Gasteiger partial charge on any atom is 0.414 e. The van der Waals surface area contributed by atoms with Gasteiger partial charge in [-0.05, 0) is 34.9 Å². The normalized spacial score (nSPS) is 15.3. The Bertz CT molecular complexity index is 1170. The third-order valence-corrected chi connectivity index (χ3v) is 5.52. The molecule has 2 amide bonds. The van der Waals surface area contributed by atoms with Crippen LogP contribution in [0.5, 0.6) is 0 Å². The fraction of sp³-hybridized carbons (Fsp3) is 0.240. The SMILES string of the molecule is CC(=O)NC[C@H]1CN(c2ccc(-c3ccc(CNCc4cc[n+](O)cc4)cc3)c(F)c2)C(=O)O1. The molecule has 8 nitrogen and oxygen atoms in total. The van der Waals surface area contributed by atoms with Crippen molar-refractivity contribution in [2.75, 3.05) is 18.0 Å². The Labute approximate surface area is 196 Å². The Morgan fingerprint density at radius 1 is 1.12 bits per heavy atom. The molecular weight excluding hydrogens is 439 g/mol. The quantitative estimate of drug-likeness (QED) is 0.351. The van der Waals surface area contributed by atoms with Gasteiger partial charge in [0.25, 0.3) is 0 Å². The Kier molecular flexibility index (Phi) is 7.03. The summed E-state index contributed by atoms with van der Waals surface area (Å²) >= 11 is 0. The molecule has 0 saturated carbocycles.